The number of aryl methyl sites for hydroxylation is 16. The average Bonchev–Trinajstić information content (AvgIpc) is 0.848. The normalized spacial score (nSPS) is 10.9. The SMILES string of the molecule is CCCCCCCc1ccc(-c2ccc(CCc3ccc(CC)cc3)cc2)c(F)c1.CCCCc1ccc(-c2ccc(CCc3ccc(CC)cc3)cc2)c(F)c1.CCCc1ccc(-c2ccc(CCc3ccc(CC)cc3)cc2)c(F)c1.CCc1ccc(CCc2ccc(-c3ccc(CC)cc3F)cc2)cc1. The lowest BCUT2D eigenvalue weighted by atomic mass is 9.98. The predicted octanol–water partition coefficient (Wildman–Crippen LogP) is 28.7. The van der Waals surface area contributed by atoms with Crippen LogP contribution in [-0.4, -0.2) is 0 Å². The van der Waals surface area contributed by atoms with Crippen molar-refractivity contribution in [1.29, 1.82) is 0 Å². The fraction of sp³-hybridized carbons (Fsp3) is 0.308. The smallest absolute Gasteiger partial charge is 0.131 e. The Labute approximate surface area is 646 Å². The molecular formula is C104H116F4. The molecule has 4 heteroatoms. The highest BCUT2D eigenvalue weighted by Gasteiger charge is 2.13. The minimum absolute atomic E-state index is 0.107. The third-order valence-corrected chi connectivity index (χ3v) is 21.1. The quantitative estimate of drug-likeness (QED) is 0.0291. The van der Waals surface area contributed by atoms with Gasteiger partial charge in [0.2, 0.25) is 0 Å². The van der Waals surface area contributed by atoms with Crippen molar-refractivity contribution >= 4 is 0 Å². The van der Waals surface area contributed by atoms with E-state index in [2.05, 4.69) is 218 Å². The third-order valence-electron chi connectivity index (χ3n) is 21.1. The summed E-state index contributed by atoms with van der Waals surface area (Å²) in [6.07, 6.45) is 25.7. The Balaban J connectivity index is 0.000000166. The van der Waals surface area contributed by atoms with Crippen molar-refractivity contribution in [2.24, 2.45) is 0 Å². The first-order valence-electron chi connectivity index (χ1n) is 40.6. The summed E-state index contributed by atoms with van der Waals surface area (Å²) in [5.74, 6) is -0.486. The van der Waals surface area contributed by atoms with Crippen molar-refractivity contribution in [2.75, 3.05) is 0 Å². The first kappa shape index (κ1) is 82.4. The predicted molar refractivity (Wildman–Crippen MR) is 455 cm³/mol. The number of hydrogen-bond acceptors (Lipinski definition) is 0. The molecule has 0 aromatic heterocycles. The van der Waals surface area contributed by atoms with Crippen molar-refractivity contribution in [1.82, 2.24) is 0 Å². The van der Waals surface area contributed by atoms with Gasteiger partial charge in [0.25, 0.3) is 0 Å². The molecule has 12 aromatic carbocycles. The van der Waals surface area contributed by atoms with Gasteiger partial charge in [-0.15, -0.1) is 0 Å². The van der Waals surface area contributed by atoms with E-state index in [9.17, 15) is 17.6 Å². The molecule has 0 saturated heterocycles. The zero-order valence-corrected chi connectivity index (χ0v) is 65.9. The Morgan fingerprint density at radius 2 is 0.352 bits per heavy atom. The summed E-state index contributed by atoms with van der Waals surface area (Å²) in [7, 11) is 0. The summed E-state index contributed by atoms with van der Waals surface area (Å²) < 4.78 is 57.8. The van der Waals surface area contributed by atoms with Crippen molar-refractivity contribution in [3.8, 4) is 44.5 Å². The molecule has 0 aliphatic heterocycles. The molecule has 0 fully saturated rings. The second-order valence-electron chi connectivity index (χ2n) is 29.1. The van der Waals surface area contributed by atoms with Gasteiger partial charge < -0.3 is 0 Å². The number of benzene rings is 12. The molecule has 0 unspecified atom stereocenters. The van der Waals surface area contributed by atoms with Crippen LogP contribution in [0.2, 0.25) is 0 Å². The van der Waals surface area contributed by atoms with Gasteiger partial charge in [-0.3, -0.25) is 0 Å². The summed E-state index contributed by atoms with van der Waals surface area (Å²) in [5, 5.41) is 0. The minimum Gasteiger partial charge on any atom is -0.206 e. The molecule has 0 N–H and O–H groups in total. The first-order valence-corrected chi connectivity index (χ1v) is 40.6. The molecule has 560 valence electrons. The number of rotatable bonds is 32. The van der Waals surface area contributed by atoms with Gasteiger partial charge in [-0.25, -0.2) is 17.6 Å². The molecule has 12 rings (SSSR count). The van der Waals surface area contributed by atoms with Gasteiger partial charge in [0.15, 0.2) is 0 Å². The zero-order chi connectivity index (χ0) is 76.2. The van der Waals surface area contributed by atoms with Crippen LogP contribution in [0.3, 0.4) is 0 Å². The number of unbranched alkanes of at least 4 members (excludes halogenated alkanes) is 5. The summed E-state index contributed by atoms with van der Waals surface area (Å²) >= 11 is 0. The van der Waals surface area contributed by atoms with Crippen LogP contribution in [0.5, 0.6) is 0 Å². The highest BCUT2D eigenvalue weighted by atomic mass is 19.1. The first-order chi connectivity index (χ1) is 52.8. The van der Waals surface area contributed by atoms with E-state index in [1.807, 2.05) is 79.7 Å². The topological polar surface area (TPSA) is 0 Å². The molecule has 12 aromatic rings. The lowest BCUT2D eigenvalue weighted by Crippen LogP contribution is -1.93. The van der Waals surface area contributed by atoms with Crippen molar-refractivity contribution < 1.29 is 17.6 Å². The fourth-order valence-electron chi connectivity index (χ4n) is 13.8. The van der Waals surface area contributed by atoms with Gasteiger partial charge in [-0.05, 0) is 251 Å². The highest BCUT2D eigenvalue weighted by Crippen LogP contribution is 2.30. The molecule has 0 saturated carbocycles. The fourth-order valence-corrected chi connectivity index (χ4v) is 13.8. The minimum atomic E-state index is -0.136. The lowest BCUT2D eigenvalue weighted by Gasteiger charge is -2.09. The third kappa shape index (κ3) is 26.3. The van der Waals surface area contributed by atoms with Gasteiger partial charge in [0.05, 0.1) is 0 Å². The van der Waals surface area contributed by atoms with Crippen LogP contribution in [0.4, 0.5) is 17.6 Å². The Morgan fingerprint density at radius 3 is 0.583 bits per heavy atom. The number of halogens is 4. The van der Waals surface area contributed by atoms with E-state index < -0.39 is 0 Å². The molecule has 0 nitrogen and oxygen atoms in total. The summed E-state index contributed by atoms with van der Waals surface area (Å²) in [6, 6.07) is 91.4. The second kappa shape index (κ2) is 44.6. The average molecular weight is 1440 g/mol. The van der Waals surface area contributed by atoms with E-state index >= 15 is 0 Å². The van der Waals surface area contributed by atoms with Crippen LogP contribution in [0.25, 0.3) is 44.5 Å². The highest BCUT2D eigenvalue weighted by molar-refractivity contribution is 5.68. The van der Waals surface area contributed by atoms with Crippen LogP contribution in [-0.2, 0) is 103 Å². The molecule has 0 amide bonds. The number of hydrogen-bond donors (Lipinski definition) is 0. The molecule has 0 radical (unpaired) electrons. The van der Waals surface area contributed by atoms with Gasteiger partial charge in [-0.1, -0.05) is 337 Å². The Morgan fingerprint density at radius 1 is 0.157 bits per heavy atom. The van der Waals surface area contributed by atoms with Crippen LogP contribution < -0.4 is 0 Å². The van der Waals surface area contributed by atoms with Gasteiger partial charge >= 0.3 is 0 Å². The van der Waals surface area contributed by atoms with Crippen LogP contribution in [0.15, 0.2) is 267 Å². The Bertz CT molecular complexity index is 4570. The van der Waals surface area contributed by atoms with Gasteiger partial charge in [0, 0.05) is 22.3 Å². The molecule has 0 atom stereocenters. The van der Waals surface area contributed by atoms with Crippen molar-refractivity contribution in [3.63, 3.8) is 0 Å². The Kier molecular flexibility index (Phi) is 34.0. The molecule has 108 heavy (non-hydrogen) atoms. The summed E-state index contributed by atoms with van der Waals surface area (Å²) in [6.45, 7) is 17.3. The van der Waals surface area contributed by atoms with E-state index in [0.717, 1.165) is 173 Å². The maximum Gasteiger partial charge on any atom is 0.131 e. The molecule has 0 aliphatic rings. The maximum absolute atomic E-state index is 14.7. The van der Waals surface area contributed by atoms with E-state index in [0.29, 0.717) is 22.3 Å². The maximum atomic E-state index is 14.7. The molecule has 0 aliphatic carbocycles. The summed E-state index contributed by atoms with van der Waals surface area (Å²) in [5.41, 5.74) is 27.0. The molecular weight excluding hydrogens is 1330 g/mol. The monoisotopic (exact) mass is 1440 g/mol. The van der Waals surface area contributed by atoms with Crippen LogP contribution >= 0.6 is 0 Å². The van der Waals surface area contributed by atoms with E-state index in [1.54, 1.807) is 24.3 Å². The van der Waals surface area contributed by atoms with Gasteiger partial charge in [-0.2, -0.15) is 0 Å². The van der Waals surface area contributed by atoms with Gasteiger partial charge in [0.1, 0.15) is 23.3 Å². The standard InChI is InChI=1S/C29H35F.C26H29F.C25H27F.C24H25F/c1-3-5-6-7-8-9-26-18-21-28(29(30)22-26)27-19-16-25(17-20-27)15-14-24-12-10-23(4-2)11-13-24;1-3-5-6-23-15-18-25(26(27)19-23)24-16-13-22(14-17-24)12-11-21-9-7-20(4-2)8-10-21;1-3-5-22-14-17-24(25(26)18-22)23-15-12-21(13-16-23)11-10-20-8-6-19(4-2)7-9-20;1-3-18-5-7-20(8-6-18)9-10-21-11-14-22(15-12-21)23-16-13-19(4-2)17-24(23)25/h10-13,16-22H,3-9,14-15H2,1-2H3;7-10,13-19H,3-6,11-12H2,1-2H3;6-9,12-18H,3-5,10-11H2,1-2H3;5-8,11-17H,3-4,9-10H2,1-2H3. The Hall–Kier alpha value is -9.64. The largest absolute Gasteiger partial charge is 0.206 e. The lowest BCUT2D eigenvalue weighted by molar-refractivity contribution is 0.618. The van der Waals surface area contributed by atoms with Crippen LogP contribution in [0, 0.1) is 23.3 Å². The molecule has 0 heterocycles. The van der Waals surface area contributed by atoms with Crippen LogP contribution in [0.1, 0.15) is 196 Å². The van der Waals surface area contributed by atoms with E-state index in [4.69, 9.17) is 0 Å². The zero-order valence-electron chi connectivity index (χ0n) is 65.9. The van der Waals surface area contributed by atoms with E-state index in [1.165, 1.54) is 92.4 Å². The molecule has 0 bridgehead atoms. The summed E-state index contributed by atoms with van der Waals surface area (Å²) in [4.78, 5) is 0. The van der Waals surface area contributed by atoms with E-state index in [-0.39, 0.29) is 23.3 Å². The van der Waals surface area contributed by atoms with Crippen molar-refractivity contribution in [2.45, 2.75) is 209 Å². The molecule has 0 spiro atoms. The second-order valence-corrected chi connectivity index (χ2v) is 29.1. The van der Waals surface area contributed by atoms with Crippen molar-refractivity contribution in [3.05, 3.63) is 379 Å².